The number of hydrogen-bond acceptors (Lipinski definition) is 3. The van der Waals surface area contributed by atoms with E-state index in [1.165, 1.54) is 0 Å². The lowest BCUT2D eigenvalue weighted by molar-refractivity contribution is -0.125. The maximum absolute atomic E-state index is 11.9. The molecule has 0 aliphatic carbocycles. The van der Waals surface area contributed by atoms with Gasteiger partial charge in [0.1, 0.15) is 5.75 Å². The van der Waals surface area contributed by atoms with Gasteiger partial charge >= 0.3 is 0 Å². The number of benzene rings is 1. The van der Waals surface area contributed by atoms with Gasteiger partial charge in [-0.05, 0) is 19.1 Å². The summed E-state index contributed by atoms with van der Waals surface area (Å²) < 4.78 is 5.47. The Morgan fingerprint density at radius 1 is 1.47 bits per heavy atom. The molecule has 0 saturated carbocycles. The van der Waals surface area contributed by atoms with E-state index in [2.05, 4.69) is 0 Å². The van der Waals surface area contributed by atoms with Gasteiger partial charge in [-0.15, -0.1) is 0 Å². The average molecular weight is 234 g/mol. The summed E-state index contributed by atoms with van der Waals surface area (Å²) in [7, 11) is 0. The largest absolute Gasteiger partial charge is 0.479 e. The van der Waals surface area contributed by atoms with Crippen LogP contribution in [-0.4, -0.2) is 24.5 Å². The summed E-state index contributed by atoms with van der Waals surface area (Å²) in [6, 6.07) is 7.26. The number of hydrogen-bond donors (Lipinski definition) is 1. The molecule has 0 aromatic heterocycles. The predicted octanol–water partition coefficient (Wildman–Crippen LogP) is 0.676. The average Bonchev–Trinajstić information content (AvgIpc) is 2.29. The van der Waals surface area contributed by atoms with Crippen molar-refractivity contribution in [2.24, 2.45) is 5.73 Å². The molecule has 1 heterocycles. The number of nitrogens with two attached hydrogens (primary N) is 1. The summed E-state index contributed by atoms with van der Waals surface area (Å²) in [4.78, 5) is 24.3. The van der Waals surface area contributed by atoms with E-state index >= 15 is 0 Å². The van der Waals surface area contributed by atoms with Gasteiger partial charge in [-0.1, -0.05) is 12.1 Å². The minimum absolute atomic E-state index is 0.146. The van der Waals surface area contributed by atoms with Crippen molar-refractivity contribution in [3.8, 4) is 5.75 Å². The number of amides is 2. The van der Waals surface area contributed by atoms with Crippen LogP contribution in [0.2, 0.25) is 0 Å². The fourth-order valence-electron chi connectivity index (χ4n) is 1.81. The van der Waals surface area contributed by atoms with Crippen LogP contribution in [0.1, 0.15) is 13.3 Å². The van der Waals surface area contributed by atoms with Crippen LogP contribution in [0.25, 0.3) is 0 Å². The third-order valence-corrected chi connectivity index (χ3v) is 2.66. The molecule has 1 unspecified atom stereocenters. The SMILES string of the molecule is CC1Oc2ccccc2N(CCC(N)=O)C1=O. The summed E-state index contributed by atoms with van der Waals surface area (Å²) in [6.45, 7) is 1.98. The van der Waals surface area contributed by atoms with Gasteiger partial charge in [0.25, 0.3) is 5.91 Å². The quantitative estimate of drug-likeness (QED) is 0.835. The van der Waals surface area contributed by atoms with Gasteiger partial charge in [0, 0.05) is 13.0 Å². The number of para-hydroxylation sites is 2. The molecule has 90 valence electrons. The smallest absolute Gasteiger partial charge is 0.267 e. The fraction of sp³-hybridized carbons (Fsp3) is 0.333. The first-order chi connectivity index (χ1) is 8.09. The molecule has 2 amide bonds. The minimum atomic E-state index is -0.530. The Bertz CT molecular complexity index is 459. The third-order valence-electron chi connectivity index (χ3n) is 2.66. The molecule has 0 saturated heterocycles. The molecule has 1 aromatic carbocycles. The standard InChI is InChI=1S/C12H14N2O3/c1-8-12(16)14(7-6-11(13)15)9-4-2-3-5-10(9)17-8/h2-5,8H,6-7H2,1H3,(H2,13,15). The van der Waals surface area contributed by atoms with Gasteiger partial charge in [-0.2, -0.15) is 0 Å². The third kappa shape index (κ3) is 2.22. The lowest BCUT2D eigenvalue weighted by atomic mass is 10.2. The second-order valence-electron chi connectivity index (χ2n) is 3.93. The van der Waals surface area contributed by atoms with Gasteiger partial charge < -0.3 is 15.4 Å². The number of nitrogens with zero attached hydrogens (tertiary/aromatic N) is 1. The highest BCUT2D eigenvalue weighted by Crippen LogP contribution is 2.33. The Kier molecular flexibility index (Phi) is 2.99. The molecule has 2 rings (SSSR count). The van der Waals surface area contributed by atoms with Crippen LogP contribution in [-0.2, 0) is 9.59 Å². The summed E-state index contributed by atoms with van der Waals surface area (Å²) in [5.74, 6) is 0.0865. The minimum Gasteiger partial charge on any atom is -0.479 e. The number of rotatable bonds is 3. The lowest BCUT2D eigenvalue weighted by Gasteiger charge is -2.32. The number of ether oxygens (including phenoxy) is 1. The molecule has 0 radical (unpaired) electrons. The van der Waals surface area contributed by atoms with Crippen molar-refractivity contribution in [2.75, 3.05) is 11.4 Å². The maximum atomic E-state index is 11.9. The summed E-state index contributed by atoms with van der Waals surface area (Å²) in [6.07, 6.45) is -0.384. The number of fused-ring (bicyclic) bond motifs is 1. The zero-order chi connectivity index (χ0) is 12.4. The first-order valence-corrected chi connectivity index (χ1v) is 5.45. The van der Waals surface area contributed by atoms with Crippen LogP contribution in [0.15, 0.2) is 24.3 Å². The second kappa shape index (κ2) is 4.45. The molecule has 1 atom stereocenters. The van der Waals surface area contributed by atoms with E-state index in [-0.39, 0.29) is 12.3 Å². The summed E-state index contributed by atoms with van der Waals surface area (Å²) >= 11 is 0. The second-order valence-corrected chi connectivity index (χ2v) is 3.93. The molecule has 5 heteroatoms. The van der Waals surface area contributed by atoms with E-state index in [0.29, 0.717) is 18.0 Å². The zero-order valence-corrected chi connectivity index (χ0v) is 9.55. The van der Waals surface area contributed by atoms with Gasteiger partial charge in [0.05, 0.1) is 5.69 Å². The van der Waals surface area contributed by atoms with E-state index in [9.17, 15) is 9.59 Å². The Morgan fingerprint density at radius 2 is 2.18 bits per heavy atom. The van der Waals surface area contributed by atoms with Crippen LogP contribution < -0.4 is 15.4 Å². The van der Waals surface area contributed by atoms with Gasteiger partial charge in [0.2, 0.25) is 5.91 Å². The molecule has 0 spiro atoms. The molecule has 1 aromatic rings. The lowest BCUT2D eigenvalue weighted by Crippen LogP contribution is -2.45. The first kappa shape index (κ1) is 11.4. The molecule has 1 aliphatic rings. The molecular formula is C12H14N2O3. The van der Waals surface area contributed by atoms with Crippen molar-refractivity contribution in [3.63, 3.8) is 0 Å². The zero-order valence-electron chi connectivity index (χ0n) is 9.55. The van der Waals surface area contributed by atoms with E-state index in [4.69, 9.17) is 10.5 Å². The van der Waals surface area contributed by atoms with E-state index in [1.807, 2.05) is 12.1 Å². The van der Waals surface area contributed by atoms with E-state index in [1.54, 1.807) is 24.0 Å². The molecule has 2 N–H and O–H groups in total. The number of primary amides is 1. The fourth-order valence-corrected chi connectivity index (χ4v) is 1.81. The van der Waals surface area contributed by atoms with Crippen molar-refractivity contribution >= 4 is 17.5 Å². The van der Waals surface area contributed by atoms with Crippen molar-refractivity contribution in [2.45, 2.75) is 19.4 Å². The Morgan fingerprint density at radius 3 is 2.88 bits per heavy atom. The Balaban J connectivity index is 2.28. The summed E-state index contributed by atoms with van der Waals surface area (Å²) in [5.41, 5.74) is 5.79. The normalized spacial score (nSPS) is 18.5. The Labute approximate surface area is 99.2 Å². The van der Waals surface area contributed by atoms with E-state index < -0.39 is 12.0 Å². The highest BCUT2D eigenvalue weighted by atomic mass is 16.5. The van der Waals surface area contributed by atoms with Crippen molar-refractivity contribution in [3.05, 3.63) is 24.3 Å². The predicted molar refractivity (Wildman–Crippen MR) is 62.7 cm³/mol. The van der Waals surface area contributed by atoms with E-state index in [0.717, 1.165) is 0 Å². The van der Waals surface area contributed by atoms with Gasteiger partial charge in [-0.25, -0.2) is 0 Å². The van der Waals surface area contributed by atoms with Crippen molar-refractivity contribution in [1.29, 1.82) is 0 Å². The molecule has 0 bridgehead atoms. The summed E-state index contributed by atoms with van der Waals surface area (Å²) in [5, 5.41) is 0. The molecule has 1 aliphatic heterocycles. The molecule has 5 nitrogen and oxygen atoms in total. The van der Waals surface area contributed by atoms with Crippen molar-refractivity contribution in [1.82, 2.24) is 0 Å². The Hall–Kier alpha value is -2.04. The number of carbonyl (C=O) groups excluding carboxylic acids is 2. The first-order valence-electron chi connectivity index (χ1n) is 5.45. The topological polar surface area (TPSA) is 72.6 Å². The maximum Gasteiger partial charge on any atom is 0.267 e. The van der Waals surface area contributed by atoms with Gasteiger partial charge in [0.15, 0.2) is 6.10 Å². The molecular weight excluding hydrogens is 220 g/mol. The van der Waals surface area contributed by atoms with Crippen LogP contribution in [0.3, 0.4) is 0 Å². The van der Waals surface area contributed by atoms with Crippen LogP contribution in [0, 0.1) is 0 Å². The monoisotopic (exact) mass is 234 g/mol. The van der Waals surface area contributed by atoms with Gasteiger partial charge in [-0.3, -0.25) is 9.59 Å². The molecule has 0 fully saturated rings. The molecule has 17 heavy (non-hydrogen) atoms. The van der Waals surface area contributed by atoms with Crippen molar-refractivity contribution < 1.29 is 14.3 Å². The number of carbonyl (C=O) groups is 2. The van der Waals surface area contributed by atoms with Crippen LogP contribution in [0.4, 0.5) is 5.69 Å². The highest BCUT2D eigenvalue weighted by Gasteiger charge is 2.30. The van der Waals surface area contributed by atoms with Crippen LogP contribution in [0.5, 0.6) is 5.75 Å². The highest BCUT2D eigenvalue weighted by molar-refractivity contribution is 6.00. The van der Waals surface area contributed by atoms with Crippen LogP contribution >= 0.6 is 0 Å². The number of anilines is 1.